The highest BCUT2D eigenvalue weighted by atomic mass is 32.2. The van der Waals surface area contributed by atoms with Crippen LogP contribution in [-0.4, -0.2) is 14.3 Å². The van der Waals surface area contributed by atoms with E-state index in [2.05, 4.69) is 10.0 Å². The van der Waals surface area contributed by atoms with Crippen LogP contribution in [0.1, 0.15) is 40.0 Å². The number of amides is 1. The molecule has 0 saturated heterocycles. The summed E-state index contributed by atoms with van der Waals surface area (Å²) in [6, 6.07) is 16.5. The molecule has 0 aliphatic rings. The summed E-state index contributed by atoms with van der Waals surface area (Å²) < 4.78 is 40.7. The first-order chi connectivity index (χ1) is 14.2. The minimum absolute atomic E-state index is 0.0568. The summed E-state index contributed by atoms with van der Waals surface area (Å²) in [6.45, 7) is 5.87. The molecule has 0 heterocycles. The summed E-state index contributed by atoms with van der Waals surface area (Å²) in [6.07, 6.45) is 0. The van der Waals surface area contributed by atoms with Gasteiger partial charge in [0, 0.05) is 11.3 Å². The van der Waals surface area contributed by atoms with E-state index < -0.39 is 15.8 Å². The van der Waals surface area contributed by atoms with Crippen LogP contribution >= 0.6 is 0 Å². The van der Waals surface area contributed by atoms with E-state index in [4.69, 9.17) is 0 Å². The van der Waals surface area contributed by atoms with Gasteiger partial charge in [0.05, 0.1) is 10.9 Å². The number of nitrogens with one attached hydrogen (secondary N) is 2. The number of halogens is 1. The second-order valence-electron chi connectivity index (χ2n) is 7.20. The summed E-state index contributed by atoms with van der Waals surface area (Å²) in [7, 11) is -3.93. The van der Waals surface area contributed by atoms with Gasteiger partial charge in [0.25, 0.3) is 15.9 Å². The highest BCUT2D eigenvalue weighted by Crippen LogP contribution is 2.21. The van der Waals surface area contributed by atoms with E-state index in [0.29, 0.717) is 0 Å². The average Bonchev–Trinajstić information content (AvgIpc) is 2.69. The number of hydrogen-bond acceptors (Lipinski definition) is 3. The molecule has 5 nitrogen and oxygen atoms in total. The number of carbonyl (C=O) groups is 1. The number of carbonyl (C=O) groups excluding carboxylic acids is 1. The molecule has 3 aromatic carbocycles. The van der Waals surface area contributed by atoms with E-state index in [1.165, 1.54) is 30.3 Å². The number of sulfonamides is 1. The average molecular weight is 427 g/mol. The third-order valence-electron chi connectivity index (χ3n) is 4.74. The molecule has 2 N–H and O–H groups in total. The van der Waals surface area contributed by atoms with Crippen molar-refractivity contribution in [3.8, 4) is 0 Å². The quantitative estimate of drug-likeness (QED) is 0.598. The van der Waals surface area contributed by atoms with Crippen LogP contribution in [-0.2, 0) is 10.0 Å². The number of hydrogen-bond donors (Lipinski definition) is 2. The van der Waals surface area contributed by atoms with E-state index in [-0.39, 0.29) is 28.1 Å². The van der Waals surface area contributed by atoms with Gasteiger partial charge in [-0.3, -0.25) is 9.52 Å². The van der Waals surface area contributed by atoms with Crippen LogP contribution in [0.25, 0.3) is 0 Å². The third kappa shape index (κ3) is 5.04. The lowest BCUT2D eigenvalue weighted by Gasteiger charge is -2.17. The van der Waals surface area contributed by atoms with E-state index in [9.17, 15) is 17.6 Å². The van der Waals surface area contributed by atoms with E-state index >= 15 is 0 Å². The van der Waals surface area contributed by atoms with Crippen molar-refractivity contribution < 1.29 is 17.6 Å². The fraction of sp³-hybridized carbons (Fsp3) is 0.174. The van der Waals surface area contributed by atoms with Crippen molar-refractivity contribution in [3.05, 3.63) is 94.8 Å². The first kappa shape index (κ1) is 21.5. The lowest BCUT2D eigenvalue weighted by atomic mass is 10.00. The zero-order valence-electron chi connectivity index (χ0n) is 16.9. The zero-order chi connectivity index (χ0) is 21.9. The second-order valence-corrected chi connectivity index (χ2v) is 8.88. The number of aryl methyl sites for hydroxylation is 2. The van der Waals surface area contributed by atoms with E-state index in [1.54, 1.807) is 6.07 Å². The molecule has 0 fully saturated rings. The van der Waals surface area contributed by atoms with Crippen molar-refractivity contribution in [1.29, 1.82) is 0 Å². The maximum absolute atomic E-state index is 13.0. The van der Waals surface area contributed by atoms with Gasteiger partial charge in [-0.05, 0) is 74.4 Å². The first-order valence-electron chi connectivity index (χ1n) is 9.42. The second kappa shape index (κ2) is 8.67. The predicted molar refractivity (Wildman–Crippen MR) is 115 cm³/mol. The van der Waals surface area contributed by atoms with Crippen molar-refractivity contribution >= 4 is 21.6 Å². The fourth-order valence-electron chi connectivity index (χ4n) is 3.21. The van der Waals surface area contributed by atoms with Gasteiger partial charge in [-0.2, -0.15) is 0 Å². The Morgan fingerprint density at radius 3 is 2.33 bits per heavy atom. The normalized spacial score (nSPS) is 12.3. The van der Waals surface area contributed by atoms with Crippen molar-refractivity contribution in [2.75, 3.05) is 4.72 Å². The van der Waals surface area contributed by atoms with Crippen LogP contribution in [0.2, 0.25) is 0 Å². The van der Waals surface area contributed by atoms with Crippen LogP contribution in [0.15, 0.2) is 71.6 Å². The Morgan fingerprint density at radius 1 is 0.967 bits per heavy atom. The molecule has 30 heavy (non-hydrogen) atoms. The van der Waals surface area contributed by atoms with Gasteiger partial charge in [-0.1, -0.05) is 29.8 Å². The Morgan fingerprint density at radius 2 is 1.67 bits per heavy atom. The van der Waals surface area contributed by atoms with Crippen molar-refractivity contribution in [1.82, 2.24) is 5.32 Å². The summed E-state index contributed by atoms with van der Waals surface area (Å²) in [5.41, 5.74) is 3.67. The summed E-state index contributed by atoms with van der Waals surface area (Å²) in [5, 5.41) is 2.91. The standard InChI is InChI=1S/C23H23FN2O3S/c1-15-7-12-22(16(2)13-15)17(3)25-23(27)18-5-4-6-21(14-18)30(28,29)26-20-10-8-19(24)9-11-20/h4-14,17,26H,1-3H3,(H,25,27)/t17-/m1/s1. The Labute approximate surface area is 176 Å². The summed E-state index contributed by atoms with van der Waals surface area (Å²) in [4.78, 5) is 12.7. The molecular weight excluding hydrogens is 403 g/mol. The summed E-state index contributed by atoms with van der Waals surface area (Å²) >= 11 is 0. The minimum atomic E-state index is -3.93. The van der Waals surface area contributed by atoms with Crippen molar-refractivity contribution in [2.45, 2.75) is 31.7 Å². The van der Waals surface area contributed by atoms with Crippen LogP contribution in [0.4, 0.5) is 10.1 Å². The molecule has 1 amide bonds. The minimum Gasteiger partial charge on any atom is -0.346 e. The molecule has 0 aromatic heterocycles. The molecule has 0 aliphatic heterocycles. The van der Waals surface area contributed by atoms with Gasteiger partial charge < -0.3 is 5.32 Å². The zero-order valence-corrected chi connectivity index (χ0v) is 17.8. The Hall–Kier alpha value is -3.19. The number of anilines is 1. The maximum Gasteiger partial charge on any atom is 0.261 e. The van der Waals surface area contributed by atoms with Gasteiger partial charge in [0.2, 0.25) is 0 Å². The molecule has 0 saturated carbocycles. The molecule has 0 bridgehead atoms. The Kier molecular flexibility index (Phi) is 6.22. The van der Waals surface area contributed by atoms with Crippen LogP contribution in [0.3, 0.4) is 0 Å². The van der Waals surface area contributed by atoms with Gasteiger partial charge >= 0.3 is 0 Å². The smallest absolute Gasteiger partial charge is 0.261 e. The van der Waals surface area contributed by atoms with Crippen LogP contribution < -0.4 is 10.0 Å². The van der Waals surface area contributed by atoms with Gasteiger partial charge in [0.1, 0.15) is 5.82 Å². The van der Waals surface area contributed by atoms with Crippen LogP contribution in [0, 0.1) is 19.7 Å². The van der Waals surface area contributed by atoms with Gasteiger partial charge in [-0.15, -0.1) is 0 Å². The molecule has 7 heteroatoms. The number of benzene rings is 3. The Bertz CT molecular complexity index is 1180. The maximum atomic E-state index is 13.0. The molecular formula is C23H23FN2O3S. The molecule has 3 aromatic rings. The monoisotopic (exact) mass is 426 g/mol. The first-order valence-corrected chi connectivity index (χ1v) is 10.9. The van der Waals surface area contributed by atoms with Crippen molar-refractivity contribution in [3.63, 3.8) is 0 Å². The predicted octanol–water partition coefficient (Wildman–Crippen LogP) is 4.73. The van der Waals surface area contributed by atoms with Gasteiger partial charge in [-0.25, -0.2) is 12.8 Å². The van der Waals surface area contributed by atoms with Gasteiger partial charge in [0.15, 0.2) is 0 Å². The highest BCUT2D eigenvalue weighted by Gasteiger charge is 2.18. The largest absolute Gasteiger partial charge is 0.346 e. The lowest BCUT2D eigenvalue weighted by molar-refractivity contribution is 0.0939. The lowest BCUT2D eigenvalue weighted by Crippen LogP contribution is -2.27. The molecule has 3 rings (SSSR count). The molecule has 0 aliphatic carbocycles. The van der Waals surface area contributed by atoms with E-state index in [1.807, 2.05) is 39.0 Å². The highest BCUT2D eigenvalue weighted by molar-refractivity contribution is 7.92. The fourth-order valence-corrected chi connectivity index (χ4v) is 4.31. The third-order valence-corrected chi connectivity index (χ3v) is 6.12. The molecule has 0 radical (unpaired) electrons. The van der Waals surface area contributed by atoms with E-state index in [0.717, 1.165) is 28.8 Å². The topological polar surface area (TPSA) is 75.3 Å². The molecule has 0 unspecified atom stereocenters. The molecule has 156 valence electrons. The van der Waals surface area contributed by atoms with Crippen LogP contribution in [0.5, 0.6) is 0 Å². The summed E-state index contributed by atoms with van der Waals surface area (Å²) in [5.74, 6) is -0.837. The Balaban J connectivity index is 1.78. The van der Waals surface area contributed by atoms with Crippen molar-refractivity contribution in [2.24, 2.45) is 0 Å². The molecule has 0 spiro atoms. The SMILES string of the molecule is Cc1ccc([C@@H](C)NC(=O)c2cccc(S(=O)(=O)Nc3ccc(F)cc3)c2)c(C)c1. The number of rotatable bonds is 6. The molecule has 1 atom stereocenters.